The number of hydrogen-bond acceptors (Lipinski definition) is 4. The van der Waals surface area contributed by atoms with Gasteiger partial charge in [-0.2, -0.15) is 8.42 Å². The standard InChI is InChI=1S/C15H15ClN4O4S/c16-8-1-6-11-12(7-8)14(22)20(13(11)21)9-2-4-10(5-3-9)25(23,24)19-15(17)18/h1-5,11-12H,6-7H2,(H4,17,18,19)/t11-,12-/m0/s1. The molecule has 2 atom stereocenters. The zero-order valence-corrected chi connectivity index (χ0v) is 14.5. The number of fused-ring (bicyclic) bond motifs is 1. The van der Waals surface area contributed by atoms with Crippen molar-refractivity contribution >= 4 is 45.1 Å². The van der Waals surface area contributed by atoms with E-state index in [1.165, 1.54) is 24.3 Å². The van der Waals surface area contributed by atoms with Crippen LogP contribution in [0.25, 0.3) is 0 Å². The van der Waals surface area contributed by atoms with Crippen LogP contribution in [0.5, 0.6) is 0 Å². The highest BCUT2D eigenvalue weighted by molar-refractivity contribution is 7.90. The normalized spacial score (nSPS) is 23.2. The Kier molecular flexibility index (Phi) is 4.29. The number of allylic oxidation sites excluding steroid dienone is 2. The summed E-state index contributed by atoms with van der Waals surface area (Å²) >= 11 is 5.98. The molecule has 0 radical (unpaired) electrons. The first-order valence-corrected chi connectivity index (χ1v) is 9.21. The third-order valence-corrected chi connectivity index (χ3v) is 5.82. The first-order chi connectivity index (χ1) is 11.7. The van der Waals surface area contributed by atoms with Crippen LogP contribution in [-0.2, 0) is 19.6 Å². The average Bonchev–Trinajstić information content (AvgIpc) is 2.77. The maximum Gasteiger partial charge on any atom is 0.285 e. The second-order valence-electron chi connectivity index (χ2n) is 5.80. The van der Waals surface area contributed by atoms with Crippen LogP contribution in [-0.4, -0.2) is 26.2 Å². The molecule has 1 aromatic rings. The number of halogens is 1. The molecule has 1 aliphatic carbocycles. The third kappa shape index (κ3) is 3.12. The summed E-state index contributed by atoms with van der Waals surface area (Å²) in [6, 6.07) is 5.23. The van der Waals surface area contributed by atoms with Crippen molar-refractivity contribution in [3.63, 3.8) is 0 Å². The van der Waals surface area contributed by atoms with E-state index in [1.807, 2.05) is 0 Å². The molecular formula is C15H15ClN4O4S. The maximum atomic E-state index is 12.6. The number of carbonyl (C=O) groups is 2. The summed E-state index contributed by atoms with van der Waals surface area (Å²) in [5, 5.41) is 0.572. The van der Waals surface area contributed by atoms with Gasteiger partial charge < -0.3 is 11.5 Å². The molecule has 4 N–H and O–H groups in total. The van der Waals surface area contributed by atoms with Crippen LogP contribution in [0, 0.1) is 11.8 Å². The predicted octanol–water partition coefficient (Wildman–Crippen LogP) is 0.671. The topological polar surface area (TPSA) is 136 Å². The number of imide groups is 1. The van der Waals surface area contributed by atoms with Crippen LogP contribution in [0.4, 0.5) is 5.69 Å². The summed E-state index contributed by atoms with van der Waals surface area (Å²) in [6.45, 7) is 0. The molecule has 1 aromatic carbocycles. The minimum atomic E-state index is -4.03. The maximum absolute atomic E-state index is 12.6. The molecule has 0 spiro atoms. The van der Waals surface area contributed by atoms with Gasteiger partial charge in [-0.1, -0.05) is 17.7 Å². The number of benzene rings is 1. The number of nitrogens with two attached hydrogens (primary N) is 2. The van der Waals surface area contributed by atoms with E-state index in [0.717, 1.165) is 4.90 Å². The lowest BCUT2D eigenvalue weighted by molar-refractivity contribution is -0.122. The molecule has 0 aromatic heterocycles. The van der Waals surface area contributed by atoms with Gasteiger partial charge >= 0.3 is 0 Å². The number of hydrogen-bond donors (Lipinski definition) is 2. The predicted molar refractivity (Wildman–Crippen MR) is 92.1 cm³/mol. The zero-order chi connectivity index (χ0) is 18.4. The van der Waals surface area contributed by atoms with Gasteiger partial charge in [0.25, 0.3) is 10.0 Å². The largest absolute Gasteiger partial charge is 0.369 e. The molecule has 25 heavy (non-hydrogen) atoms. The number of guanidine groups is 1. The Labute approximate surface area is 149 Å². The molecule has 10 heteroatoms. The SMILES string of the molecule is NC(N)=NS(=O)(=O)c1ccc(N2C(=O)[C@H]3CC=C(Cl)C[C@@H]3C2=O)cc1. The van der Waals surface area contributed by atoms with Crippen molar-refractivity contribution in [3.8, 4) is 0 Å². The van der Waals surface area contributed by atoms with E-state index in [4.69, 9.17) is 23.1 Å². The molecule has 1 aliphatic heterocycles. The van der Waals surface area contributed by atoms with Gasteiger partial charge in [0.1, 0.15) is 0 Å². The third-order valence-electron chi connectivity index (χ3n) is 4.19. The molecule has 1 heterocycles. The van der Waals surface area contributed by atoms with Gasteiger partial charge in [-0.15, -0.1) is 4.40 Å². The van der Waals surface area contributed by atoms with E-state index in [0.29, 0.717) is 23.6 Å². The summed E-state index contributed by atoms with van der Waals surface area (Å²) < 4.78 is 27.0. The van der Waals surface area contributed by atoms with Crippen molar-refractivity contribution in [2.24, 2.45) is 27.7 Å². The van der Waals surface area contributed by atoms with Crippen LogP contribution >= 0.6 is 11.6 Å². The van der Waals surface area contributed by atoms with Crippen LogP contribution in [0.1, 0.15) is 12.8 Å². The lowest BCUT2D eigenvalue weighted by atomic mass is 9.85. The van der Waals surface area contributed by atoms with Gasteiger partial charge in [0.05, 0.1) is 22.4 Å². The Morgan fingerprint density at radius 1 is 1.12 bits per heavy atom. The lowest BCUT2D eigenvalue weighted by Gasteiger charge is -2.17. The smallest absolute Gasteiger partial charge is 0.285 e. The van der Waals surface area contributed by atoms with Crippen molar-refractivity contribution < 1.29 is 18.0 Å². The minimum absolute atomic E-state index is 0.147. The second-order valence-corrected chi connectivity index (χ2v) is 7.89. The Hall–Kier alpha value is -2.39. The highest BCUT2D eigenvalue weighted by Crippen LogP contribution is 2.40. The summed E-state index contributed by atoms with van der Waals surface area (Å²) in [4.78, 5) is 26.0. The lowest BCUT2D eigenvalue weighted by Crippen LogP contribution is -2.30. The van der Waals surface area contributed by atoms with Gasteiger partial charge in [-0.05, 0) is 37.1 Å². The van der Waals surface area contributed by atoms with Gasteiger partial charge in [-0.25, -0.2) is 0 Å². The molecule has 2 amide bonds. The summed E-state index contributed by atoms with van der Waals surface area (Å²) in [7, 11) is -4.03. The molecule has 0 unspecified atom stereocenters. The van der Waals surface area contributed by atoms with Crippen LogP contribution < -0.4 is 16.4 Å². The molecule has 8 nitrogen and oxygen atoms in total. The Bertz CT molecular complexity index is 904. The molecule has 132 valence electrons. The number of rotatable bonds is 3. The summed E-state index contributed by atoms with van der Waals surface area (Å²) in [5.74, 6) is -2.13. The van der Waals surface area contributed by atoms with Gasteiger partial charge in [0, 0.05) is 5.03 Å². The molecule has 0 saturated carbocycles. The van der Waals surface area contributed by atoms with Crippen molar-refractivity contribution in [1.82, 2.24) is 0 Å². The van der Waals surface area contributed by atoms with E-state index in [1.54, 1.807) is 6.08 Å². The van der Waals surface area contributed by atoms with E-state index < -0.39 is 27.8 Å². The first kappa shape index (κ1) is 17.4. The molecule has 1 fully saturated rings. The number of sulfonamides is 1. The van der Waals surface area contributed by atoms with Crippen molar-refractivity contribution in [3.05, 3.63) is 35.4 Å². The Morgan fingerprint density at radius 2 is 1.72 bits per heavy atom. The highest BCUT2D eigenvalue weighted by atomic mass is 35.5. The Morgan fingerprint density at radius 3 is 2.32 bits per heavy atom. The number of anilines is 1. The van der Waals surface area contributed by atoms with Crippen molar-refractivity contribution in [2.45, 2.75) is 17.7 Å². The summed E-state index contributed by atoms with van der Waals surface area (Å²) in [5.41, 5.74) is 10.5. The van der Waals surface area contributed by atoms with Gasteiger partial charge in [0.15, 0.2) is 0 Å². The molecule has 2 aliphatic rings. The van der Waals surface area contributed by atoms with Crippen LogP contribution in [0.3, 0.4) is 0 Å². The number of nitrogens with zero attached hydrogens (tertiary/aromatic N) is 2. The fourth-order valence-corrected chi connectivity index (χ4v) is 4.16. The molecule has 1 saturated heterocycles. The van der Waals surface area contributed by atoms with Crippen LogP contribution in [0.2, 0.25) is 0 Å². The molecule has 0 bridgehead atoms. The monoisotopic (exact) mass is 382 g/mol. The van der Waals surface area contributed by atoms with E-state index in [-0.39, 0.29) is 16.7 Å². The quantitative estimate of drug-likeness (QED) is 0.448. The fourth-order valence-electron chi connectivity index (χ4n) is 3.04. The average molecular weight is 383 g/mol. The van der Waals surface area contributed by atoms with E-state index in [9.17, 15) is 18.0 Å². The summed E-state index contributed by atoms with van der Waals surface area (Å²) in [6.07, 6.45) is 2.51. The number of carbonyl (C=O) groups excluding carboxylic acids is 2. The molecular weight excluding hydrogens is 368 g/mol. The first-order valence-electron chi connectivity index (χ1n) is 7.39. The highest BCUT2D eigenvalue weighted by Gasteiger charge is 2.48. The van der Waals surface area contributed by atoms with E-state index >= 15 is 0 Å². The van der Waals surface area contributed by atoms with Crippen LogP contribution in [0.15, 0.2) is 44.7 Å². The second kappa shape index (κ2) is 6.16. The van der Waals surface area contributed by atoms with E-state index in [2.05, 4.69) is 4.40 Å². The van der Waals surface area contributed by atoms with Gasteiger partial charge in [-0.3, -0.25) is 14.5 Å². The van der Waals surface area contributed by atoms with Crippen molar-refractivity contribution in [2.75, 3.05) is 4.90 Å². The molecule has 3 rings (SSSR count). The zero-order valence-electron chi connectivity index (χ0n) is 12.9. The Balaban J connectivity index is 1.90. The number of amides is 2. The van der Waals surface area contributed by atoms with Crippen molar-refractivity contribution in [1.29, 1.82) is 0 Å². The fraction of sp³-hybridized carbons (Fsp3) is 0.267. The van der Waals surface area contributed by atoms with Gasteiger partial charge in [0.2, 0.25) is 17.8 Å². The minimum Gasteiger partial charge on any atom is -0.369 e.